The first kappa shape index (κ1) is 45.6. The molecular formula is C54H62N4O8. The monoisotopic (exact) mass is 896 g/mol. The number of carbonyl (C=O) groups is 2. The van der Waals surface area contributed by atoms with Crippen LogP contribution < -0.4 is 14.4 Å². The van der Waals surface area contributed by atoms with E-state index in [1.807, 2.05) is 111 Å². The van der Waals surface area contributed by atoms with Gasteiger partial charge in [0.1, 0.15) is 17.3 Å². The van der Waals surface area contributed by atoms with E-state index in [1.54, 1.807) is 23.3 Å². The van der Waals surface area contributed by atoms with Gasteiger partial charge in [-0.15, -0.1) is 5.10 Å². The minimum Gasteiger partial charge on any atom is -0.493 e. The number of rotatable bonds is 22. The molecule has 2 atom stereocenters. The average Bonchev–Trinajstić information content (AvgIpc) is 3.81. The topological polar surface area (TPSA) is 152 Å². The van der Waals surface area contributed by atoms with Crippen molar-refractivity contribution < 1.29 is 40.9 Å². The van der Waals surface area contributed by atoms with Crippen molar-refractivity contribution in [2.75, 3.05) is 18.1 Å². The molecule has 4 aromatic carbocycles. The molecule has 12 nitrogen and oxygen atoms in total. The third-order valence-corrected chi connectivity index (χ3v) is 10.6. The minimum atomic E-state index is -0.945. The van der Waals surface area contributed by atoms with Crippen LogP contribution in [0.4, 0.5) is 5.69 Å². The molecule has 2 heterocycles. The summed E-state index contributed by atoms with van der Waals surface area (Å²) in [6.07, 6.45) is 8.06. The van der Waals surface area contributed by atoms with Crippen molar-refractivity contribution in [2.24, 2.45) is 5.92 Å². The van der Waals surface area contributed by atoms with E-state index in [9.17, 15) is 9.59 Å². The maximum absolute atomic E-state index is 13.4. The number of ether oxygens (including phenoxy) is 2. The first-order valence-corrected chi connectivity index (χ1v) is 22.8. The number of para-hydroxylation sites is 2. The standard InChI is InChI=1S/C27H29N3O5.C27H33NO3/c1-19(2)30(26(31)21-14-12-20(13-15-21)23-10-7-17-34-23)18-22-8-3-4-9-24(22)33-16-6-5-11-25-28-29-27(32)35-25;1-21(2)28(25-17-15-23(16-18-25)14-13-22-11-12-22)20-24-8-5-6-9-26(24)31-19-7-3-4-10-27(29)30/h3-4,7-10,12-15,17,19H,5-6,11,16,18H2,1-2H3,(H,29,32);5-6,8-9,15-18,21-22H,3-4,7,10-12,19-20H2,1-2H3,(H,29,30)/i18D;20D. The molecule has 0 radical (unpaired) electrons. The first-order valence-electron chi connectivity index (χ1n) is 23.9. The van der Waals surface area contributed by atoms with Crippen LogP contribution in [0.3, 0.4) is 0 Å². The Bertz CT molecular complexity index is 2550. The lowest BCUT2D eigenvalue weighted by Crippen LogP contribution is -2.36. The summed E-state index contributed by atoms with van der Waals surface area (Å²) in [5, 5.41) is 25.0. The zero-order valence-electron chi connectivity index (χ0n) is 40.3. The molecule has 66 heavy (non-hydrogen) atoms. The molecular weight excluding hydrogens is 833 g/mol. The molecule has 0 spiro atoms. The molecule has 1 aliphatic carbocycles. The average molecular weight is 897 g/mol. The first-order chi connectivity index (χ1) is 32.9. The molecule has 0 saturated heterocycles. The number of nitrogens with zero attached hydrogens (tertiary/aromatic N) is 4. The van der Waals surface area contributed by atoms with Gasteiger partial charge in [-0.2, -0.15) is 0 Å². The van der Waals surface area contributed by atoms with Crippen LogP contribution in [0.25, 0.3) is 11.3 Å². The Labute approximate surface area is 391 Å². The molecule has 346 valence electrons. The van der Waals surface area contributed by atoms with Crippen LogP contribution in [0.15, 0.2) is 124 Å². The molecule has 2 aromatic heterocycles. The number of anilines is 1. The number of aryl methyl sites for hydroxylation is 1. The van der Waals surface area contributed by atoms with Crippen molar-refractivity contribution in [3.05, 3.63) is 144 Å². The van der Waals surface area contributed by atoms with Gasteiger partial charge in [-0.3, -0.25) is 9.59 Å². The van der Waals surface area contributed by atoms with Gasteiger partial charge in [0.2, 0.25) is 5.89 Å². The minimum absolute atomic E-state index is 0.130. The molecule has 2 unspecified atom stereocenters. The fourth-order valence-corrected chi connectivity index (χ4v) is 6.84. The highest BCUT2D eigenvalue weighted by Gasteiger charge is 2.22. The molecule has 0 bridgehead atoms. The second kappa shape index (κ2) is 24.9. The van der Waals surface area contributed by atoms with Crippen molar-refractivity contribution >= 4 is 17.6 Å². The van der Waals surface area contributed by atoms with E-state index in [-0.39, 0.29) is 24.4 Å². The summed E-state index contributed by atoms with van der Waals surface area (Å²) in [7, 11) is 0. The van der Waals surface area contributed by atoms with Gasteiger partial charge >= 0.3 is 12.0 Å². The van der Waals surface area contributed by atoms with Crippen LogP contribution in [-0.4, -0.2) is 62.5 Å². The fourth-order valence-electron chi connectivity index (χ4n) is 6.84. The molecule has 0 aliphatic heterocycles. The Morgan fingerprint density at radius 2 is 1.42 bits per heavy atom. The van der Waals surface area contributed by atoms with Gasteiger partial charge in [0, 0.05) is 77.4 Å². The zero-order valence-corrected chi connectivity index (χ0v) is 38.3. The number of aromatic hydroxyl groups is 1. The van der Waals surface area contributed by atoms with E-state index >= 15 is 0 Å². The number of carboxylic acid groups (broad SMARTS) is 1. The molecule has 2 N–H and O–H groups in total. The normalized spacial score (nSPS) is 13.3. The van der Waals surface area contributed by atoms with E-state index in [0.29, 0.717) is 60.5 Å². The predicted octanol–water partition coefficient (Wildman–Crippen LogP) is 11.4. The third-order valence-electron chi connectivity index (χ3n) is 10.6. The maximum atomic E-state index is 13.4. The van der Waals surface area contributed by atoms with E-state index in [4.69, 9.17) is 31.3 Å². The Morgan fingerprint density at radius 3 is 2.00 bits per heavy atom. The smallest absolute Gasteiger partial charge is 0.412 e. The van der Waals surface area contributed by atoms with Crippen molar-refractivity contribution in [2.45, 2.75) is 111 Å². The Balaban J connectivity index is 0.000000226. The predicted molar refractivity (Wildman–Crippen MR) is 255 cm³/mol. The number of furan rings is 1. The number of aromatic nitrogens is 2. The summed E-state index contributed by atoms with van der Waals surface area (Å²) in [4.78, 5) is 27.7. The van der Waals surface area contributed by atoms with Gasteiger partial charge in [-0.05, 0) is 133 Å². The number of amides is 1. The van der Waals surface area contributed by atoms with Gasteiger partial charge in [-0.25, -0.2) is 0 Å². The molecule has 1 saturated carbocycles. The van der Waals surface area contributed by atoms with Gasteiger partial charge in [0.25, 0.3) is 5.91 Å². The summed E-state index contributed by atoms with van der Waals surface area (Å²) in [6.45, 7) is 7.36. The molecule has 12 heteroatoms. The molecule has 1 aliphatic rings. The van der Waals surface area contributed by atoms with Gasteiger partial charge < -0.3 is 38.3 Å². The molecule has 7 rings (SSSR count). The van der Waals surface area contributed by atoms with Crippen LogP contribution in [0.5, 0.6) is 17.6 Å². The summed E-state index contributed by atoms with van der Waals surface area (Å²) < 4.78 is 40.4. The van der Waals surface area contributed by atoms with E-state index in [2.05, 4.69) is 40.8 Å². The van der Waals surface area contributed by atoms with Crippen molar-refractivity contribution in [3.63, 3.8) is 0 Å². The summed E-state index contributed by atoms with van der Waals surface area (Å²) in [5.74, 6) is 8.52. The highest BCUT2D eigenvalue weighted by Crippen LogP contribution is 2.29. The van der Waals surface area contributed by atoms with E-state index < -0.39 is 25.1 Å². The summed E-state index contributed by atoms with van der Waals surface area (Å²) >= 11 is 0. The number of aliphatic carboxylic acids is 1. The van der Waals surface area contributed by atoms with E-state index in [1.165, 1.54) is 12.8 Å². The van der Waals surface area contributed by atoms with Crippen LogP contribution in [0, 0.1) is 17.8 Å². The van der Waals surface area contributed by atoms with Crippen molar-refractivity contribution in [3.8, 4) is 40.7 Å². The number of hydrogen-bond donors (Lipinski definition) is 2. The van der Waals surface area contributed by atoms with Crippen LogP contribution in [-0.2, 0) is 24.3 Å². The van der Waals surface area contributed by atoms with Crippen LogP contribution >= 0.6 is 0 Å². The van der Waals surface area contributed by atoms with Crippen LogP contribution in [0.1, 0.15) is 115 Å². The second-order valence-corrected chi connectivity index (χ2v) is 16.6. The third kappa shape index (κ3) is 15.3. The van der Waals surface area contributed by atoms with Gasteiger partial charge in [0.05, 0.1) is 22.2 Å². The SMILES string of the molecule is [2H]C(c1ccccc1OCCCCCC(=O)O)N(c1ccc(C#CC2CC2)cc1)C(C)C.[2H]C(c1ccccc1OCCCCc1nnc(O)o1)N(C(=O)c1ccc(-c2ccco2)cc1)C(C)C. The highest BCUT2D eigenvalue weighted by molar-refractivity contribution is 5.94. The second-order valence-electron chi connectivity index (χ2n) is 16.6. The Kier molecular flexibility index (Phi) is 17.2. The number of carbonyl (C=O) groups excluding carboxylic acids is 1. The number of benzene rings is 4. The number of hydrogen-bond acceptors (Lipinski definition) is 10. The molecule has 1 fully saturated rings. The number of carboxylic acids is 1. The Hall–Kier alpha value is -7.00. The van der Waals surface area contributed by atoms with Crippen molar-refractivity contribution in [1.29, 1.82) is 0 Å². The fraction of sp³-hybridized carbons (Fsp3) is 0.370. The molecule has 6 aromatic rings. The maximum Gasteiger partial charge on any atom is 0.412 e. The van der Waals surface area contributed by atoms with Crippen molar-refractivity contribution in [1.82, 2.24) is 15.1 Å². The van der Waals surface area contributed by atoms with Gasteiger partial charge in [-0.1, -0.05) is 65.5 Å². The lowest BCUT2D eigenvalue weighted by atomic mass is 10.1. The summed E-state index contributed by atoms with van der Waals surface area (Å²) in [6, 6.07) is 34.0. The quantitative estimate of drug-likeness (QED) is 0.0495. The van der Waals surface area contributed by atoms with Crippen LogP contribution in [0.2, 0.25) is 0 Å². The summed E-state index contributed by atoms with van der Waals surface area (Å²) in [5.41, 5.74) is 4.82. The Morgan fingerprint density at radius 1 is 0.773 bits per heavy atom. The zero-order chi connectivity index (χ0) is 48.4. The van der Waals surface area contributed by atoms with E-state index in [0.717, 1.165) is 53.8 Å². The lowest BCUT2D eigenvalue weighted by molar-refractivity contribution is -0.137. The number of unbranched alkanes of at least 4 members (excludes halogenated alkanes) is 3. The van der Waals surface area contributed by atoms with Gasteiger partial charge in [0.15, 0.2) is 0 Å². The highest BCUT2D eigenvalue weighted by atomic mass is 16.5. The largest absolute Gasteiger partial charge is 0.493 e. The lowest BCUT2D eigenvalue weighted by Gasteiger charge is -2.30. The molecule has 1 amide bonds.